The van der Waals surface area contributed by atoms with E-state index in [-0.39, 0.29) is 18.6 Å². The van der Waals surface area contributed by atoms with E-state index in [4.69, 9.17) is 4.74 Å². The molecule has 19 heavy (non-hydrogen) atoms. The molecule has 0 saturated carbocycles. The Labute approximate surface area is 112 Å². The van der Waals surface area contributed by atoms with Crippen molar-refractivity contribution in [3.63, 3.8) is 0 Å². The van der Waals surface area contributed by atoms with Gasteiger partial charge in [-0.2, -0.15) is 0 Å². The number of fused-ring (bicyclic) bond motifs is 1. The first kappa shape index (κ1) is 12.3. The summed E-state index contributed by atoms with van der Waals surface area (Å²) in [5.41, 5.74) is 0.923. The predicted molar refractivity (Wildman–Crippen MR) is 71.2 cm³/mol. The number of nitrogens with one attached hydrogen (secondary N) is 1. The van der Waals surface area contributed by atoms with Crippen molar-refractivity contribution in [3.8, 4) is 5.75 Å². The summed E-state index contributed by atoms with van der Waals surface area (Å²) in [4.78, 5) is 14.2. The number of carbonyl (C=O) groups is 1. The van der Waals surface area contributed by atoms with E-state index in [0.29, 0.717) is 18.8 Å². The van der Waals surface area contributed by atoms with Gasteiger partial charge in [-0.1, -0.05) is 12.1 Å². The smallest absolute Gasteiger partial charge is 0.265 e. The Morgan fingerprint density at radius 1 is 1.47 bits per heavy atom. The molecule has 3 rings (SSSR count). The fraction of sp³-hybridized carbons (Fsp3) is 0.500. The highest BCUT2D eigenvalue weighted by molar-refractivity contribution is 5.83. The van der Waals surface area contributed by atoms with Gasteiger partial charge in [0.25, 0.3) is 5.91 Å². The average Bonchev–Trinajstić information content (AvgIpc) is 2.94. The molecule has 0 bridgehead atoms. The van der Waals surface area contributed by atoms with Gasteiger partial charge in [-0.15, -0.1) is 0 Å². The molecule has 2 aliphatic rings. The second kappa shape index (κ2) is 5.09. The van der Waals surface area contributed by atoms with E-state index in [9.17, 15) is 9.90 Å². The van der Waals surface area contributed by atoms with Gasteiger partial charge >= 0.3 is 0 Å². The third kappa shape index (κ3) is 2.26. The molecular weight excluding hydrogens is 244 g/mol. The summed E-state index contributed by atoms with van der Waals surface area (Å²) in [6, 6.07) is 7.56. The molecule has 1 aromatic carbocycles. The number of hydrogen-bond donors (Lipinski definition) is 2. The third-order valence-corrected chi connectivity index (χ3v) is 3.78. The van der Waals surface area contributed by atoms with E-state index in [1.165, 1.54) is 0 Å². The normalized spacial score (nSPS) is 25.4. The van der Waals surface area contributed by atoms with Gasteiger partial charge in [0.2, 0.25) is 0 Å². The van der Waals surface area contributed by atoms with E-state index in [0.717, 1.165) is 18.5 Å². The van der Waals surface area contributed by atoms with Gasteiger partial charge < -0.3 is 20.1 Å². The molecule has 2 heterocycles. The highest BCUT2D eigenvalue weighted by atomic mass is 16.5. The fourth-order valence-corrected chi connectivity index (χ4v) is 2.75. The van der Waals surface area contributed by atoms with Crippen LogP contribution in [-0.2, 0) is 4.79 Å². The number of aliphatic hydroxyl groups is 1. The van der Waals surface area contributed by atoms with Crippen LogP contribution in [0, 0.1) is 0 Å². The number of benzene rings is 1. The number of carbonyl (C=O) groups excluding carboxylic acids is 1. The molecule has 1 amide bonds. The molecule has 1 aromatic rings. The quantitative estimate of drug-likeness (QED) is 0.829. The van der Waals surface area contributed by atoms with Crippen LogP contribution in [0.2, 0.25) is 0 Å². The molecule has 1 fully saturated rings. The molecule has 1 saturated heterocycles. The van der Waals surface area contributed by atoms with E-state index < -0.39 is 6.10 Å². The number of para-hydroxylation sites is 2. The van der Waals surface area contributed by atoms with Crippen LogP contribution in [0.25, 0.3) is 0 Å². The Morgan fingerprint density at radius 2 is 2.32 bits per heavy atom. The number of anilines is 1. The largest absolute Gasteiger partial charge is 0.477 e. The summed E-state index contributed by atoms with van der Waals surface area (Å²) in [5.74, 6) is 0.686. The standard InChI is InChI=1S/C14H18N2O3/c17-9-10-4-3-7-16(10)14(18)13-8-15-11-5-1-2-6-12(11)19-13/h1-2,5-6,10,13,15,17H,3-4,7-9H2/t10-,13?/m0/s1. The number of ether oxygens (including phenoxy) is 1. The van der Waals surface area contributed by atoms with Crippen molar-refractivity contribution in [1.82, 2.24) is 4.90 Å². The van der Waals surface area contributed by atoms with Crippen LogP contribution in [-0.4, -0.2) is 47.8 Å². The highest BCUT2D eigenvalue weighted by Crippen LogP contribution is 2.29. The molecule has 0 spiro atoms. The monoisotopic (exact) mass is 262 g/mol. The maximum absolute atomic E-state index is 12.4. The lowest BCUT2D eigenvalue weighted by atomic mass is 10.2. The summed E-state index contributed by atoms with van der Waals surface area (Å²) in [6.45, 7) is 1.22. The summed E-state index contributed by atoms with van der Waals surface area (Å²) in [7, 11) is 0. The lowest BCUT2D eigenvalue weighted by Gasteiger charge is -2.31. The third-order valence-electron chi connectivity index (χ3n) is 3.78. The predicted octanol–water partition coefficient (Wildman–Crippen LogP) is 0.843. The van der Waals surface area contributed by atoms with Crippen LogP contribution in [0.1, 0.15) is 12.8 Å². The Balaban J connectivity index is 1.72. The van der Waals surface area contributed by atoms with Gasteiger partial charge in [-0.25, -0.2) is 0 Å². The molecule has 2 atom stereocenters. The molecule has 2 N–H and O–H groups in total. The number of amides is 1. The maximum Gasteiger partial charge on any atom is 0.265 e. The molecular formula is C14H18N2O3. The maximum atomic E-state index is 12.4. The number of hydrogen-bond acceptors (Lipinski definition) is 4. The summed E-state index contributed by atoms with van der Waals surface area (Å²) in [5, 5.41) is 12.5. The van der Waals surface area contributed by atoms with Crippen LogP contribution in [0.15, 0.2) is 24.3 Å². The van der Waals surface area contributed by atoms with Gasteiger partial charge in [0.15, 0.2) is 6.10 Å². The molecule has 5 nitrogen and oxygen atoms in total. The zero-order valence-corrected chi connectivity index (χ0v) is 10.7. The van der Waals surface area contributed by atoms with Gasteiger partial charge in [0, 0.05) is 6.54 Å². The minimum absolute atomic E-state index is 0.0291. The number of nitrogens with zero attached hydrogens (tertiary/aromatic N) is 1. The van der Waals surface area contributed by atoms with E-state index >= 15 is 0 Å². The SMILES string of the molecule is O=C(C1CNc2ccccc2O1)N1CCC[C@H]1CO. The van der Waals surface area contributed by atoms with Crippen molar-refractivity contribution in [2.45, 2.75) is 25.0 Å². The first-order valence-electron chi connectivity index (χ1n) is 6.70. The first-order chi connectivity index (χ1) is 9.29. The minimum Gasteiger partial charge on any atom is -0.477 e. The number of rotatable bonds is 2. The van der Waals surface area contributed by atoms with Crippen molar-refractivity contribution < 1.29 is 14.6 Å². The zero-order chi connectivity index (χ0) is 13.2. The molecule has 0 aromatic heterocycles. The lowest BCUT2D eigenvalue weighted by molar-refractivity contribution is -0.139. The van der Waals surface area contributed by atoms with Gasteiger partial charge in [0.05, 0.1) is 24.9 Å². The van der Waals surface area contributed by atoms with Crippen molar-refractivity contribution >= 4 is 11.6 Å². The van der Waals surface area contributed by atoms with E-state index in [1.54, 1.807) is 4.90 Å². The van der Waals surface area contributed by atoms with Crippen LogP contribution >= 0.6 is 0 Å². The zero-order valence-electron chi connectivity index (χ0n) is 10.7. The van der Waals surface area contributed by atoms with Crippen LogP contribution in [0.4, 0.5) is 5.69 Å². The van der Waals surface area contributed by atoms with Gasteiger partial charge in [0.1, 0.15) is 5.75 Å². The fourth-order valence-electron chi connectivity index (χ4n) is 2.75. The Bertz CT molecular complexity index is 478. The van der Waals surface area contributed by atoms with E-state index in [2.05, 4.69) is 5.32 Å². The molecule has 1 unspecified atom stereocenters. The second-order valence-corrected chi connectivity index (χ2v) is 4.99. The summed E-state index contributed by atoms with van der Waals surface area (Å²) in [6.07, 6.45) is 1.33. The number of likely N-dealkylation sites (tertiary alicyclic amines) is 1. The average molecular weight is 262 g/mol. The highest BCUT2D eigenvalue weighted by Gasteiger charge is 2.35. The summed E-state index contributed by atoms with van der Waals surface area (Å²) >= 11 is 0. The van der Waals surface area contributed by atoms with Crippen molar-refractivity contribution in [3.05, 3.63) is 24.3 Å². The molecule has 5 heteroatoms. The molecule has 2 aliphatic heterocycles. The van der Waals surface area contributed by atoms with E-state index in [1.807, 2.05) is 24.3 Å². The van der Waals surface area contributed by atoms with Crippen molar-refractivity contribution in [2.24, 2.45) is 0 Å². The van der Waals surface area contributed by atoms with Gasteiger partial charge in [-0.3, -0.25) is 4.79 Å². The Hall–Kier alpha value is -1.75. The van der Waals surface area contributed by atoms with Crippen LogP contribution in [0.3, 0.4) is 0 Å². The molecule has 0 radical (unpaired) electrons. The molecule has 0 aliphatic carbocycles. The topological polar surface area (TPSA) is 61.8 Å². The van der Waals surface area contributed by atoms with Gasteiger partial charge in [-0.05, 0) is 25.0 Å². The minimum atomic E-state index is -0.498. The molecule has 102 valence electrons. The van der Waals surface area contributed by atoms with Crippen LogP contribution in [0.5, 0.6) is 5.75 Å². The second-order valence-electron chi connectivity index (χ2n) is 4.99. The van der Waals surface area contributed by atoms with Crippen LogP contribution < -0.4 is 10.1 Å². The van der Waals surface area contributed by atoms with Crippen molar-refractivity contribution in [1.29, 1.82) is 0 Å². The lowest BCUT2D eigenvalue weighted by Crippen LogP contribution is -2.49. The first-order valence-corrected chi connectivity index (χ1v) is 6.70. The summed E-state index contributed by atoms with van der Waals surface area (Å²) < 4.78 is 5.76. The Morgan fingerprint density at radius 3 is 3.16 bits per heavy atom. The number of aliphatic hydroxyl groups excluding tert-OH is 1. The Kier molecular flexibility index (Phi) is 3.29. The van der Waals surface area contributed by atoms with Crippen molar-refractivity contribution in [2.75, 3.05) is 25.0 Å².